The zero-order chi connectivity index (χ0) is 36.3. The molecule has 0 bridgehead atoms. The second-order valence-electron chi connectivity index (χ2n) is 14.1. The summed E-state index contributed by atoms with van der Waals surface area (Å²) in [6.07, 6.45) is 0. The van der Waals surface area contributed by atoms with Crippen LogP contribution in [0, 0.1) is 0 Å². The van der Waals surface area contributed by atoms with Crippen molar-refractivity contribution in [1.29, 1.82) is 0 Å². The van der Waals surface area contributed by atoms with Crippen LogP contribution < -0.4 is 4.90 Å². The fourth-order valence-electron chi connectivity index (χ4n) is 8.49. The zero-order valence-electron chi connectivity index (χ0n) is 29.9. The highest BCUT2D eigenvalue weighted by atomic mass is 16.3. The molecule has 0 aliphatic heterocycles. The van der Waals surface area contributed by atoms with Crippen LogP contribution in [0.5, 0.6) is 0 Å². The van der Waals surface area contributed by atoms with Gasteiger partial charge in [0.25, 0.3) is 0 Å². The molecule has 0 saturated carbocycles. The van der Waals surface area contributed by atoms with Gasteiger partial charge in [-0.25, -0.2) is 0 Å². The SMILES string of the molecule is c1cc(-c2ccc(N(c3cccc(-n4c5ccccc5c5ccccc54)c3)c3cccc4ccccc34)cc2)cc(-c2cccc3oc4ccccc4c23)c1. The van der Waals surface area contributed by atoms with Gasteiger partial charge in [-0.2, -0.15) is 0 Å². The van der Waals surface area contributed by atoms with Gasteiger partial charge in [-0.3, -0.25) is 0 Å². The van der Waals surface area contributed by atoms with E-state index >= 15 is 0 Å². The molecular weight excluding hydrogens is 669 g/mol. The Hall–Kier alpha value is -7.36. The number of anilines is 3. The van der Waals surface area contributed by atoms with Gasteiger partial charge in [0.1, 0.15) is 11.2 Å². The Labute approximate surface area is 318 Å². The van der Waals surface area contributed by atoms with Gasteiger partial charge >= 0.3 is 0 Å². The highest BCUT2D eigenvalue weighted by molar-refractivity contribution is 6.13. The summed E-state index contributed by atoms with van der Waals surface area (Å²) in [5, 5.41) is 7.20. The summed E-state index contributed by atoms with van der Waals surface area (Å²) in [5.41, 5.74) is 13.3. The zero-order valence-corrected chi connectivity index (χ0v) is 29.9. The van der Waals surface area contributed by atoms with Gasteiger partial charge in [-0.15, -0.1) is 0 Å². The number of aromatic nitrogens is 1. The molecule has 11 aromatic rings. The van der Waals surface area contributed by atoms with E-state index in [0.717, 1.165) is 55.8 Å². The summed E-state index contributed by atoms with van der Waals surface area (Å²) < 4.78 is 8.61. The molecule has 3 nitrogen and oxygen atoms in total. The molecule has 0 aliphatic rings. The molecule has 0 atom stereocenters. The van der Waals surface area contributed by atoms with E-state index < -0.39 is 0 Å². The van der Waals surface area contributed by atoms with E-state index in [9.17, 15) is 0 Å². The summed E-state index contributed by atoms with van der Waals surface area (Å²) in [4.78, 5) is 2.39. The maximum absolute atomic E-state index is 6.22. The van der Waals surface area contributed by atoms with Gasteiger partial charge in [-0.05, 0) is 94.4 Å². The van der Waals surface area contributed by atoms with Gasteiger partial charge < -0.3 is 13.9 Å². The number of nitrogens with zero attached hydrogens (tertiary/aromatic N) is 2. The molecule has 0 fully saturated rings. The van der Waals surface area contributed by atoms with Crippen molar-refractivity contribution in [2.24, 2.45) is 0 Å². The third-order valence-corrected chi connectivity index (χ3v) is 11.0. The van der Waals surface area contributed by atoms with Crippen LogP contribution in [0.3, 0.4) is 0 Å². The van der Waals surface area contributed by atoms with Crippen molar-refractivity contribution in [1.82, 2.24) is 4.57 Å². The smallest absolute Gasteiger partial charge is 0.136 e. The second-order valence-corrected chi connectivity index (χ2v) is 14.1. The van der Waals surface area contributed by atoms with Crippen LogP contribution in [0.25, 0.3) is 82.5 Å². The number of furan rings is 1. The first-order valence-corrected chi connectivity index (χ1v) is 18.8. The summed E-state index contributed by atoms with van der Waals surface area (Å²) in [7, 11) is 0. The average molecular weight is 703 g/mol. The molecule has 11 rings (SSSR count). The van der Waals surface area contributed by atoms with Crippen molar-refractivity contribution in [2.75, 3.05) is 4.90 Å². The van der Waals surface area contributed by atoms with Crippen molar-refractivity contribution < 1.29 is 4.42 Å². The Morgan fingerprint density at radius 1 is 0.382 bits per heavy atom. The van der Waals surface area contributed by atoms with Crippen LogP contribution in [0.1, 0.15) is 0 Å². The minimum Gasteiger partial charge on any atom is -0.456 e. The van der Waals surface area contributed by atoms with Crippen LogP contribution in [0.15, 0.2) is 211 Å². The van der Waals surface area contributed by atoms with E-state index in [2.05, 4.69) is 204 Å². The molecular formula is C52H34N2O. The van der Waals surface area contributed by atoms with Crippen LogP contribution in [0.2, 0.25) is 0 Å². The molecule has 0 radical (unpaired) electrons. The Bertz CT molecular complexity index is 3160. The van der Waals surface area contributed by atoms with Crippen molar-refractivity contribution >= 4 is 71.6 Å². The van der Waals surface area contributed by atoms with Gasteiger partial charge in [0.2, 0.25) is 0 Å². The predicted octanol–water partition coefficient (Wildman–Crippen LogP) is 14.6. The fraction of sp³-hybridized carbons (Fsp3) is 0. The first-order valence-electron chi connectivity index (χ1n) is 18.8. The third-order valence-electron chi connectivity index (χ3n) is 11.0. The Kier molecular flexibility index (Phi) is 7.17. The van der Waals surface area contributed by atoms with E-state index in [1.54, 1.807) is 0 Å². The van der Waals surface area contributed by atoms with E-state index in [1.165, 1.54) is 43.7 Å². The number of rotatable bonds is 6. The molecule has 0 amide bonds. The Morgan fingerprint density at radius 3 is 1.82 bits per heavy atom. The molecule has 2 heterocycles. The second kappa shape index (κ2) is 12.6. The van der Waals surface area contributed by atoms with Gasteiger partial charge in [0.05, 0.1) is 16.7 Å². The number of fused-ring (bicyclic) bond motifs is 7. The monoisotopic (exact) mass is 702 g/mol. The lowest BCUT2D eigenvalue weighted by molar-refractivity contribution is 0.669. The molecule has 0 unspecified atom stereocenters. The van der Waals surface area contributed by atoms with Crippen molar-refractivity contribution in [3.63, 3.8) is 0 Å². The van der Waals surface area contributed by atoms with E-state index in [4.69, 9.17) is 4.42 Å². The van der Waals surface area contributed by atoms with E-state index in [0.29, 0.717) is 0 Å². The van der Waals surface area contributed by atoms with Crippen molar-refractivity contribution in [3.8, 4) is 27.9 Å². The van der Waals surface area contributed by atoms with Crippen LogP contribution >= 0.6 is 0 Å². The number of benzene rings is 9. The van der Waals surface area contributed by atoms with Crippen molar-refractivity contribution in [2.45, 2.75) is 0 Å². The molecule has 258 valence electrons. The minimum atomic E-state index is 0.907. The highest BCUT2D eigenvalue weighted by Gasteiger charge is 2.19. The fourth-order valence-corrected chi connectivity index (χ4v) is 8.49. The molecule has 2 aromatic heterocycles. The Balaban J connectivity index is 1.04. The number of para-hydroxylation sites is 3. The summed E-state index contributed by atoms with van der Waals surface area (Å²) in [6.45, 7) is 0. The van der Waals surface area contributed by atoms with Gasteiger partial charge in [0.15, 0.2) is 0 Å². The molecule has 0 spiro atoms. The predicted molar refractivity (Wildman–Crippen MR) is 231 cm³/mol. The summed E-state index contributed by atoms with van der Waals surface area (Å²) in [5.74, 6) is 0. The molecule has 9 aromatic carbocycles. The average Bonchev–Trinajstić information content (AvgIpc) is 3.80. The van der Waals surface area contributed by atoms with Gasteiger partial charge in [-0.1, -0.05) is 140 Å². The van der Waals surface area contributed by atoms with Crippen LogP contribution in [0.4, 0.5) is 17.1 Å². The lowest BCUT2D eigenvalue weighted by atomic mass is 9.96. The number of hydrogen-bond donors (Lipinski definition) is 0. The largest absolute Gasteiger partial charge is 0.456 e. The Morgan fingerprint density at radius 2 is 1.00 bits per heavy atom. The molecule has 0 saturated heterocycles. The molecule has 0 aliphatic carbocycles. The highest BCUT2D eigenvalue weighted by Crippen LogP contribution is 2.42. The van der Waals surface area contributed by atoms with Crippen LogP contribution in [-0.4, -0.2) is 4.57 Å². The third kappa shape index (κ3) is 5.13. The standard InChI is InChI=1S/C52H34N2O/c1-2-19-42-36(13-1)14-10-26-47(42)53(40-17-11-18-41(34-40)54-48-24-6-3-20-44(48)45-21-4-7-25-49(45)54)39-31-29-35(30-32-39)37-15-9-16-38(33-37)43-23-12-28-51-52(43)46-22-5-8-27-50(46)55-51/h1-34H. The van der Waals surface area contributed by atoms with Crippen molar-refractivity contribution in [3.05, 3.63) is 206 Å². The maximum atomic E-state index is 6.22. The molecule has 3 heteroatoms. The topological polar surface area (TPSA) is 21.3 Å². The minimum absolute atomic E-state index is 0.907. The normalized spacial score (nSPS) is 11.6. The van der Waals surface area contributed by atoms with E-state index in [-0.39, 0.29) is 0 Å². The first kappa shape index (κ1) is 31.2. The summed E-state index contributed by atoms with van der Waals surface area (Å²) in [6, 6.07) is 74.0. The lowest BCUT2D eigenvalue weighted by Crippen LogP contribution is -2.11. The van der Waals surface area contributed by atoms with Crippen LogP contribution in [-0.2, 0) is 0 Å². The van der Waals surface area contributed by atoms with E-state index in [1.807, 2.05) is 12.1 Å². The lowest BCUT2D eigenvalue weighted by Gasteiger charge is -2.27. The maximum Gasteiger partial charge on any atom is 0.136 e. The first-order chi connectivity index (χ1) is 27.3. The summed E-state index contributed by atoms with van der Waals surface area (Å²) >= 11 is 0. The number of hydrogen-bond acceptors (Lipinski definition) is 2. The van der Waals surface area contributed by atoms with Gasteiger partial charge in [0, 0.05) is 44.0 Å². The quantitative estimate of drug-likeness (QED) is 0.172. The molecule has 55 heavy (non-hydrogen) atoms. The molecule has 0 N–H and O–H groups in total.